The summed E-state index contributed by atoms with van der Waals surface area (Å²) in [5.74, 6) is -0.469. The van der Waals surface area contributed by atoms with E-state index in [-0.39, 0.29) is 0 Å². The molecule has 1 aromatic carbocycles. The highest BCUT2D eigenvalue weighted by Crippen LogP contribution is 2.26. The van der Waals surface area contributed by atoms with Gasteiger partial charge in [0.2, 0.25) is 0 Å². The molecule has 1 aromatic rings. The van der Waals surface area contributed by atoms with Crippen molar-refractivity contribution in [1.82, 2.24) is 0 Å². The van der Waals surface area contributed by atoms with E-state index in [9.17, 15) is 9.90 Å². The summed E-state index contributed by atoms with van der Waals surface area (Å²) in [4.78, 5) is 12.2. The van der Waals surface area contributed by atoms with Crippen LogP contribution >= 0.6 is 0 Å². The molecule has 0 fully saturated rings. The van der Waals surface area contributed by atoms with Crippen LogP contribution < -0.4 is 0 Å². The molecule has 0 aliphatic heterocycles. The Bertz CT molecular complexity index is 463. The van der Waals surface area contributed by atoms with Gasteiger partial charge in [-0.25, -0.2) is 4.79 Å². The predicted molar refractivity (Wildman–Crippen MR) is 75.6 cm³/mol. The second-order valence-electron chi connectivity index (χ2n) is 5.73. The first kappa shape index (κ1) is 15.4. The summed E-state index contributed by atoms with van der Waals surface area (Å²) in [6, 6.07) is 9.11. The van der Waals surface area contributed by atoms with Crippen LogP contribution in [-0.4, -0.2) is 16.7 Å². The molecule has 0 aliphatic rings. The van der Waals surface area contributed by atoms with Gasteiger partial charge in [-0.1, -0.05) is 35.9 Å². The zero-order valence-electron chi connectivity index (χ0n) is 12.2. The van der Waals surface area contributed by atoms with Crippen molar-refractivity contribution in [3.63, 3.8) is 0 Å². The van der Waals surface area contributed by atoms with Crippen molar-refractivity contribution < 1.29 is 14.6 Å². The standard InChI is InChI=1S/C16H22O3/c1-11(2)13(15(18)19-16(3,4)5)14(17)12-9-7-6-8-10-12/h6-10,14,17H,1-5H3. The number of rotatable bonds is 3. The molecule has 0 saturated heterocycles. The normalized spacial score (nSPS) is 12.7. The lowest BCUT2D eigenvalue weighted by molar-refractivity contribution is -0.151. The summed E-state index contributed by atoms with van der Waals surface area (Å²) >= 11 is 0. The smallest absolute Gasteiger partial charge is 0.337 e. The molecule has 19 heavy (non-hydrogen) atoms. The van der Waals surface area contributed by atoms with Crippen LogP contribution in [0.3, 0.4) is 0 Å². The fourth-order valence-electron chi connectivity index (χ4n) is 1.72. The summed E-state index contributed by atoms with van der Waals surface area (Å²) < 4.78 is 5.35. The van der Waals surface area contributed by atoms with E-state index in [1.165, 1.54) is 0 Å². The number of aliphatic hydroxyl groups is 1. The Morgan fingerprint density at radius 1 is 1.16 bits per heavy atom. The molecule has 1 unspecified atom stereocenters. The second kappa shape index (κ2) is 6.02. The monoisotopic (exact) mass is 262 g/mol. The maximum absolute atomic E-state index is 12.2. The molecular formula is C16H22O3. The third-order valence-electron chi connectivity index (χ3n) is 2.55. The highest BCUT2D eigenvalue weighted by Gasteiger charge is 2.26. The Hall–Kier alpha value is -1.61. The molecule has 0 bridgehead atoms. The van der Waals surface area contributed by atoms with Gasteiger partial charge >= 0.3 is 5.97 Å². The van der Waals surface area contributed by atoms with Gasteiger partial charge in [-0.15, -0.1) is 0 Å². The third-order valence-corrected chi connectivity index (χ3v) is 2.55. The molecule has 0 aromatic heterocycles. The molecule has 0 amide bonds. The number of benzene rings is 1. The van der Waals surface area contributed by atoms with E-state index >= 15 is 0 Å². The van der Waals surface area contributed by atoms with Crippen LogP contribution in [0.15, 0.2) is 41.5 Å². The maximum Gasteiger partial charge on any atom is 0.337 e. The number of carbonyl (C=O) groups is 1. The summed E-state index contributed by atoms with van der Waals surface area (Å²) in [7, 11) is 0. The molecule has 0 spiro atoms. The molecule has 0 aliphatic carbocycles. The number of hydrogen-bond donors (Lipinski definition) is 1. The fourth-order valence-corrected chi connectivity index (χ4v) is 1.72. The van der Waals surface area contributed by atoms with Gasteiger partial charge in [0.05, 0.1) is 5.57 Å². The van der Waals surface area contributed by atoms with Crippen molar-refractivity contribution >= 4 is 5.97 Å². The maximum atomic E-state index is 12.2. The third kappa shape index (κ3) is 4.52. The summed E-state index contributed by atoms with van der Waals surface area (Å²) in [6.07, 6.45) is -0.957. The van der Waals surface area contributed by atoms with E-state index in [0.717, 1.165) is 5.57 Å². The van der Waals surface area contributed by atoms with Gasteiger partial charge in [0.15, 0.2) is 0 Å². The van der Waals surface area contributed by atoms with Gasteiger partial charge in [-0.2, -0.15) is 0 Å². The van der Waals surface area contributed by atoms with E-state index in [0.29, 0.717) is 11.1 Å². The van der Waals surface area contributed by atoms with Crippen molar-refractivity contribution in [3.05, 3.63) is 47.0 Å². The molecular weight excluding hydrogens is 240 g/mol. The first-order valence-electron chi connectivity index (χ1n) is 6.36. The number of aliphatic hydroxyl groups excluding tert-OH is 1. The van der Waals surface area contributed by atoms with Gasteiger partial charge in [0.25, 0.3) is 0 Å². The van der Waals surface area contributed by atoms with E-state index in [1.54, 1.807) is 26.0 Å². The molecule has 0 radical (unpaired) electrons. The molecule has 104 valence electrons. The average Bonchev–Trinajstić information content (AvgIpc) is 2.27. The minimum atomic E-state index is -0.957. The number of allylic oxidation sites excluding steroid dienone is 1. The van der Waals surface area contributed by atoms with Crippen LogP contribution in [0.4, 0.5) is 0 Å². The van der Waals surface area contributed by atoms with E-state index in [4.69, 9.17) is 4.74 Å². The highest BCUT2D eigenvalue weighted by atomic mass is 16.6. The fraction of sp³-hybridized carbons (Fsp3) is 0.438. The van der Waals surface area contributed by atoms with Gasteiger partial charge in [-0.3, -0.25) is 0 Å². The van der Waals surface area contributed by atoms with Crippen LogP contribution in [0.25, 0.3) is 0 Å². The largest absolute Gasteiger partial charge is 0.457 e. The molecule has 0 saturated carbocycles. The predicted octanol–water partition coefficient (Wildman–Crippen LogP) is 3.40. The van der Waals surface area contributed by atoms with Crippen LogP contribution in [0.2, 0.25) is 0 Å². The van der Waals surface area contributed by atoms with Crippen molar-refractivity contribution in [2.24, 2.45) is 0 Å². The minimum Gasteiger partial charge on any atom is -0.457 e. The van der Waals surface area contributed by atoms with Crippen molar-refractivity contribution in [3.8, 4) is 0 Å². The Kier molecular flexibility index (Phi) is 4.90. The van der Waals surface area contributed by atoms with Gasteiger partial charge in [-0.05, 0) is 40.2 Å². The Morgan fingerprint density at radius 2 is 1.68 bits per heavy atom. The van der Waals surface area contributed by atoms with E-state index in [2.05, 4.69) is 0 Å². The number of esters is 1. The van der Waals surface area contributed by atoms with Gasteiger partial charge in [0.1, 0.15) is 11.7 Å². The van der Waals surface area contributed by atoms with Gasteiger partial charge in [0, 0.05) is 0 Å². The molecule has 1 atom stereocenters. The molecule has 3 heteroatoms. The van der Waals surface area contributed by atoms with Crippen LogP contribution in [0.5, 0.6) is 0 Å². The van der Waals surface area contributed by atoms with Crippen LogP contribution in [-0.2, 0) is 9.53 Å². The summed E-state index contributed by atoms with van der Waals surface area (Å²) in [6.45, 7) is 9.02. The SMILES string of the molecule is CC(C)=C(C(=O)OC(C)(C)C)C(O)c1ccccc1. The molecule has 1 N–H and O–H groups in total. The first-order chi connectivity index (χ1) is 8.72. The van der Waals surface area contributed by atoms with Crippen LogP contribution in [0.1, 0.15) is 46.3 Å². The van der Waals surface area contributed by atoms with Crippen molar-refractivity contribution in [1.29, 1.82) is 0 Å². The topological polar surface area (TPSA) is 46.5 Å². The highest BCUT2D eigenvalue weighted by molar-refractivity contribution is 5.90. The minimum absolute atomic E-state index is 0.307. The van der Waals surface area contributed by atoms with Gasteiger partial charge < -0.3 is 9.84 Å². The first-order valence-corrected chi connectivity index (χ1v) is 6.36. The quantitative estimate of drug-likeness (QED) is 0.671. The number of ether oxygens (including phenoxy) is 1. The van der Waals surface area contributed by atoms with E-state index in [1.807, 2.05) is 39.0 Å². The summed E-state index contributed by atoms with van der Waals surface area (Å²) in [5.41, 5.74) is 1.17. The summed E-state index contributed by atoms with van der Waals surface area (Å²) in [5, 5.41) is 10.4. The Labute approximate surface area is 114 Å². The zero-order valence-corrected chi connectivity index (χ0v) is 12.2. The lowest BCUT2D eigenvalue weighted by atomic mass is 9.98. The molecule has 1 rings (SSSR count). The van der Waals surface area contributed by atoms with Crippen molar-refractivity contribution in [2.45, 2.75) is 46.3 Å². The van der Waals surface area contributed by atoms with E-state index < -0.39 is 17.7 Å². The Balaban J connectivity index is 3.04. The lowest BCUT2D eigenvalue weighted by Crippen LogP contribution is -2.27. The average molecular weight is 262 g/mol. The lowest BCUT2D eigenvalue weighted by Gasteiger charge is -2.23. The van der Waals surface area contributed by atoms with Crippen LogP contribution in [0, 0.1) is 0 Å². The molecule has 3 nitrogen and oxygen atoms in total. The zero-order chi connectivity index (χ0) is 14.6. The Morgan fingerprint density at radius 3 is 2.11 bits per heavy atom. The number of hydrogen-bond acceptors (Lipinski definition) is 3. The second-order valence-corrected chi connectivity index (χ2v) is 5.73. The number of carbonyl (C=O) groups excluding carboxylic acids is 1. The van der Waals surface area contributed by atoms with Crippen molar-refractivity contribution in [2.75, 3.05) is 0 Å². The molecule has 0 heterocycles.